The molecule has 4 nitrogen and oxygen atoms in total. The van der Waals surface area contributed by atoms with Gasteiger partial charge in [-0.15, -0.1) is 0 Å². The molecule has 4 aromatic rings. The van der Waals surface area contributed by atoms with Gasteiger partial charge in [-0.1, -0.05) is 30.1 Å². The lowest BCUT2D eigenvalue weighted by Gasteiger charge is -2.36. The first-order valence-corrected chi connectivity index (χ1v) is 12.4. The Morgan fingerprint density at radius 1 is 1.00 bits per heavy atom. The zero-order valence-corrected chi connectivity index (χ0v) is 20.7. The van der Waals surface area contributed by atoms with E-state index in [9.17, 15) is 14.3 Å². The number of pyridine rings is 1. The molecule has 1 aliphatic rings. The van der Waals surface area contributed by atoms with Crippen molar-refractivity contribution < 1.29 is 18.7 Å². The number of carbonyl (C=O) groups is 1. The molecule has 178 valence electrons. The van der Waals surface area contributed by atoms with E-state index in [1.807, 2.05) is 55.6 Å². The molecule has 3 aromatic carbocycles. The van der Waals surface area contributed by atoms with Crippen LogP contribution in [0.15, 0.2) is 42.6 Å². The van der Waals surface area contributed by atoms with Crippen molar-refractivity contribution in [3.8, 4) is 22.3 Å². The Hall–Kier alpha value is -3.45. The summed E-state index contributed by atoms with van der Waals surface area (Å²) in [7, 11) is 0. The van der Waals surface area contributed by atoms with Crippen molar-refractivity contribution in [2.24, 2.45) is 0 Å². The molecule has 0 amide bonds. The number of rotatable bonds is 4. The largest absolute Gasteiger partial charge is 0.481 e. The van der Waals surface area contributed by atoms with E-state index >= 15 is 4.39 Å². The number of nitrogens with zero attached hydrogens (tertiary/aromatic N) is 2. The van der Waals surface area contributed by atoms with Gasteiger partial charge in [0.1, 0.15) is 11.6 Å². The summed E-state index contributed by atoms with van der Waals surface area (Å²) in [5, 5.41) is 10.8. The monoisotopic (exact) mass is 490 g/mol. The second-order valence-corrected chi connectivity index (χ2v) is 9.62. The summed E-state index contributed by atoms with van der Waals surface area (Å²) in [6.45, 7) is 5.91. The van der Waals surface area contributed by atoms with Gasteiger partial charge in [-0.25, -0.2) is 8.78 Å². The minimum Gasteiger partial charge on any atom is -0.481 e. The first-order chi connectivity index (χ1) is 16.7. The molecule has 0 bridgehead atoms. The Morgan fingerprint density at radius 2 is 1.74 bits per heavy atom. The number of aryl methyl sites for hydroxylation is 1. The molecule has 5 rings (SSSR count). The van der Waals surface area contributed by atoms with Crippen LogP contribution in [0.4, 0.5) is 14.5 Å². The molecule has 7 heteroatoms. The molecule has 0 aliphatic carbocycles. The van der Waals surface area contributed by atoms with Crippen molar-refractivity contribution in [3.63, 3.8) is 0 Å². The molecule has 0 saturated carbocycles. The molecular weight excluding hydrogens is 466 g/mol. The van der Waals surface area contributed by atoms with Crippen LogP contribution in [0.5, 0.6) is 0 Å². The summed E-state index contributed by atoms with van der Waals surface area (Å²) in [4.78, 5) is 16.5. The maximum atomic E-state index is 15.3. The highest BCUT2D eigenvalue weighted by atomic mass is 32.2. The number of hydrogen-bond donors (Lipinski definition) is 1. The maximum absolute atomic E-state index is 15.3. The van der Waals surface area contributed by atoms with E-state index in [1.54, 1.807) is 6.20 Å². The van der Waals surface area contributed by atoms with Crippen molar-refractivity contribution in [1.82, 2.24) is 4.98 Å². The predicted molar refractivity (Wildman–Crippen MR) is 138 cm³/mol. The van der Waals surface area contributed by atoms with Crippen LogP contribution < -0.4 is 4.31 Å². The molecule has 0 spiro atoms. The molecule has 0 saturated heterocycles. The standard InChI is InChI=1S/C28H24F2N2O2S/c1-14-18(8-7-17-6-5-11-31-27(14)17)24-16(3)25-26-20(21(29)9-10-22(26)30)13-32(35-4)28(25)15(2)19(24)12-23(33)34/h5-11H,12-13H2,1-4H3,(H,33,34). The quantitative estimate of drug-likeness (QED) is 0.312. The SMILES string of the molecule is CSN1Cc2c(F)ccc(F)c2-c2c(C)c(-c3ccc4cccnc4c3C)c(CC(=O)O)c(C)c21. The van der Waals surface area contributed by atoms with E-state index in [0.29, 0.717) is 16.7 Å². The van der Waals surface area contributed by atoms with Gasteiger partial charge in [-0.05, 0) is 72.4 Å². The fourth-order valence-corrected chi connectivity index (χ4v) is 6.03. The highest BCUT2D eigenvalue weighted by Gasteiger charge is 2.33. The summed E-state index contributed by atoms with van der Waals surface area (Å²) in [6, 6.07) is 10.1. The number of carboxylic acids is 1. The number of anilines is 1. The third-order valence-corrected chi connectivity index (χ3v) is 7.70. The lowest BCUT2D eigenvalue weighted by Crippen LogP contribution is -2.24. The van der Waals surface area contributed by atoms with Gasteiger partial charge in [0.2, 0.25) is 0 Å². The Morgan fingerprint density at radius 3 is 2.46 bits per heavy atom. The van der Waals surface area contributed by atoms with Crippen molar-refractivity contribution in [1.29, 1.82) is 0 Å². The van der Waals surface area contributed by atoms with Gasteiger partial charge in [0.15, 0.2) is 0 Å². The van der Waals surface area contributed by atoms with Crippen LogP contribution in [0.1, 0.15) is 27.8 Å². The van der Waals surface area contributed by atoms with E-state index in [4.69, 9.17) is 0 Å². The van der Waals surface area contributed by atoms with E-state index in [2.05, 4.69) is 4.98 Å². The predicted octanol–water partition coefficient (Wildman–Crippen LogP) is 7.00. The fraction of sp³-hybridized carbons (Fsp3) is 0.214. The smallest absolute Gasteiger partial charge is 0.307 e. The highest BCUT2D eigenvalue weighted by molar-refractivity contribution is 7.99. The summed E-state index contributed by atoms with van der Waals surface area (Å²) in [6.07, 6.45) is 3.42. The number of aromatic nitrogens is 1. The Balaban J connectivity index is 1.95. The Labute approximate surface area is 206 Å². The fourth-order valence-electron chi connectivity index (χ4n) is 5.36. The summed E-state index contributed by atoms with van der Waals surface area (Å²) >= 11 is 1.41. The van der Waals surface area contributed by atoms with Gasteiger partial charge in [-0.3, -0.25) is 9.78 Å². The molecule has 1 aliphatic heterocycles. The van der Waals surface area contributed by atoms with Crippen LogP contribution in [0.25, 0.3) is 33.2 Å². The molecule has 0 atom stereocenters. The minimum atomic E-state index is -0.950. The molecular formula is C28H24F2N2O2S. The van der Waals surface area contributed by atoms with Crippen LogP contribution in [0.2, 0.25) is 0 Å². The van der Waals surface area contributed by atoms with Gasteiger partial charge in [-0.2, -0.15) is 0 Å². The van der Waals surface area contributed by atoms with E-state index in [0.717, 1.165) is 50.5 Å². The van der Waals surface area contributed by atoms with Crippen molar-refractivity contribution >= 4 is 34.5 Å². The van der Waals surface area contributed by atoms with E-state index in [1.165, 1.54) is 18.0 Å². The second kappa shape index (κ2) is 8.64. The Bertz CT molecular complexity index is 1530. The number of fused-ring (bicyclic) bond motifs is 4. The number of carboxylic acid groups (broad SMARTS) is 1. The molecule has 0 radical (unpaired) electrons. The number of halogens is 2. The van der Waals surface area contributed by atoms with Crippen LogP contribution in [-0.2, 0) is 17.8 Å². The van der Waals surface area contributed by atoms with Crippen molar-refractivity contribution in [2.75, 3.05) is 10.6 Å². The normalized spacial score (nSPS) is 12.6. The lowest BCUT2D eigenvalue weighted by atomic mass is 9.79. The van der Waals surface area contributed by atoms with Crippen LogP contribution in [-0.4, -0.2) is 22.3 Å². The first-order valence-electron chi connectivity index (χ1n) is 11.3. The van der Waals surface area contributed by atoms with Gasteiger partial charge < -0.3 is 9.41 Å². The topological polar surface area (TPSA) is 53.4 Å². The molecule has 1 N–H and O–H groups in total. The highest BCUT2D eigenvalue weighted by Crippen LogP contribution is 2.51. The van der Waals surface area contributed by atoms with Gasteiger partial charge in [0, 0.05) is 34.5 Å². The molecule has 0 fully saturated rings. The van der Waals surface area contributed by atoms with E-state index in [-0.39, 0.29) is 18.5 Å². The van der Waals surface area contributed by atoms with Crippen LogP contribution in [0.3, 0.4) is 0 Å². The molecule has 35 heavy (non-hydrogen) atoms. The number of aliphatic carboxylic acids is 1. The zero-order valence-electron chi connectivity index (χ0n) is 19.9. The summed E-state index contributed by atoms with van der Waals surface area (Å²) in [5.41, 5.74) is 7.39. The second-order valence-electron chi connectivity index (χ2n) is 8.81. The molecule has 2 heterocycles. The van der Waals surface area contributed by atoms with Crippen LogP contribution >= 0.6 is 11.9 Å². The lowest BCUT2D eigenvalue weighted by molar-refractivity contribution is -0.136. The molecule has 0 unspecified atom stereocenters. The third kappa shape index (κ3) is 3.57. The van der Waals surface area contributed by atoms with Crippen LogP contribution in [0, 0.1) is 32.4 Å². The van der Waals surface area contributed by atoms with E-state index < -0.39 is 17.6 Å². The summed E-state index contributed by atoms with van der Waals surface area (Å²) < 4.78 is 32.1. The average molecular weight is 491 g/mol. The number of benzene rings is 3. The van der Waals surface area contributed by atoms with Gasteiger partial charge in [0.05, 0.1) is 24.2 Å². The minimum absolute atomic E-state index is 0.185. The number of hydrogen-bond acceptors (Lipinski definition) is 4. The zero-order chi connectivity index (χ0) is 25.0. The van der Waals surface area contributed by atoms with Gasteiger partial charge in [0.25, 0.3) is 0 Å². The average Bonchev–Trinajstić information content (AvgIpc) is 2.84. The van der Waals surface area contributed by atoms with Gasteiger partial charge >= 0.3 is 5.97 Å². The van der Waals surface area contributed by atoms with Crippen molar-refractivity contribution in [2.45, 2.75) is 33.7 Å². The Kier molecular flexibility index (Phi) is 5.75. The van der Waals surface area contributed by atoms with Crippen molar-refractivity contribution in [3.05, 3.63) is 82.0 Å². The molecule has 1 aromatic heterocycles. The summed E-state index contributed by atoms with van der Waals surface area (Å²) in [5.74, 6) is -1.89. The maximum Gasteiger partial charge on any atom is 0.307 e. The third-order valence-electron chi connectivity index (χ3n) is 6.95. The first kappa shape index (κ1) is 23.3.